The van der Waals surface area contributed by atoms with Crippen molar-refractivity contribution in [3.8, 4) is 0 Å². The third-order valence-corrected chi connectivity index (χ3v) is 2.83. The van der Waals surface area contributed by atoms with Crippen molar-refractivity contribution < 1.29 is 4.79 Å². The number of aromatic nitrogens is 3. The minimum atomic E-state index is -0.198. The highest BCUT2D eigenvalue weighted by Crippen LogP contribution is 2.36. The summed E-state index contributed by atoms with van der Waals surface area (Å²) in [6.45, 7) is 0. The van der Waals surface area contributed by atoms with Crippen LogP contribution in [-0.2, 0) is 7.05 Å². The Balaban J connectivity index is 2.03. The number of halogens is 1. The summed E-state index contributed by atoms with van der Waals surface area (Å²) in [6.07, 6.45) is 3.34. The summed E-state index contributed by atoms with van der Waals surface area (Å²) < 4.78 is 0. The van der Waals surface area contributed by atoms with Crippen LogP contribution in [-0.4, -0.2) is 32.3 Å². The topological polar surface area (TPSA) is 59.8 Å². The summed E-state index contributed by atoms with van der Waals surface area (Å²) in [5, 5.41) is 10.6. The molecule has 0 aromatic carbocycles. The van der Waals surface area contributed by atoms with Gasteiger partial charge in [0.05, 0.1) is 11.7 Å². The molecule has 1 heterocycles. The van der Waals surface area contributed by atoms with E-state index in [4.69, 9.17) is 11.6 Å². The van der Waals surface area contributed by atoms with Crippen LogP contribution in [0.2, 0.25) is 0 Å². The van der Waals surface area contributed by atoms with Crippen molar-refractivity contribution in [3.05, 3.63) is 11.9 Å². The number of alkyl halides is 1. The monoisotopic (exact) mass is 214 g/mol. The van der Waals surface area contributed by atoms with Crippen LogP contribution in [0.4, 0.5) is 0 Å². The van der Waals surface area contributed by atoms with Crippen molar-refractivity contribution in [1.82, 2.24) is 20.3 Å². The standard InChI is InChI=1S/C8H11ClN4O/c1-13-10-4-6(12-13)7(14)11-8(5-9)2-3-8/h4H,2-3,5H2,1H3,(H,11,14). The number of nitrogens with one attached hydrogen (secondary N) is 1. The van der Waals surface area contributed by atoms with Gasteiger partial charge < -0.3 is 5.32 Å². The highest BCUT2D eigenvalue weighted by molar-refractivity contribution is 6.19. The van der Waals surface area contributed by atoms with Gasteiger partial charge in [-0.1, -0.05) is 0 Å². The number of nitrogens with zero attached hydrogens (tertiary/aromatic N) is 3. The third kappa shape index (κ3) is 1.72. The maximum absolute atomic E-state index is 11.6. The predicted molar refractivity (Wildman–Crippen MR) is 51.2 cm³/mol. The molecule has 1 fully saturated rings. The predicted octanol–water partition coefficient (Wildman–Crippen LogP) is 0.316. The van der Waals surface area contributed by atoms with Crippen molar-refractivity contribution in [2.24, 2.45) is 7.05 Å². The van der Waals surface area contributed by atoms with Crippen LogP contribution in [0.5, 0.6) is 0 Å². The molecule has 0 aliphatic heterocycles. The van der Waals surface area contributed by atoms with Gasteiger partial charge in [-0.15, -0.1) is 16.7 Å². The largest absolute Gasteiger partial charge is 0.344 e. The maximum Gasteiger partial charge on any atom is 0.273 e. The Kier molecular flexibility index (Phi) is 2.19. The van der Waals surface area contributed by atoms with Crippen molar-refractivity contribution in [2.45, 2.75) is 18.4 Å². The van der Waals surface area contributed by atoms with Gasteiger partial charge in [-0.2, -0.15) is 9.90 Å². The molecule has 1 saturated carbocycles. The van der Waals surface area contributed by atoms with Crippen LogP contribution in [0.3, 0.4) is 0 Å². The molecule has 2 rings (SSSR count). The molecular formula is C8H11ClN4O. The van der Waals surface area contributed by atoms with Crippen LogP contribution in [0, 0.1) is 0 Å². The van der Waals surface area contributed by atoms with E-state index in [0.29, 0.717) is 11.6 Å². The molecule has 6 heteroatoms. The van der Waals surface area contributed by atoms with Crippen LogP contribution in [0.25, 0.3) is 0 Å². The summed E-state index contributed by atoms with van der Waals surface area (Å²) >= 11 is 5.74. The van der Waals surface area contributed by atoms with Gasteiger partial charge in [-0.3, -0.25) is 4.79 Å². The van der Waals surface area contributed by atoms with Crippen molar-refractivity contribution in [3.63, 3.8) is 0 Å². The van der Waals surface area contributed by atoms with Crippen molar-refractivity contribution in [2.75, 3.05) is 5.88 Å². The summed E-state index contributed by atoms with van der Waals surface area (Å²) in [7, 11) is 1.67. The SMILES string of the molecule is Cn1ncc(C(=O)NC2(CCl)CC2)n1. The van der Waals surface area contributed by atoms with E-state index in [0.717, 1.165) is 12.8 Å². The number of carbonyl (C=O) groups excluding carboxylic acids is 1. The highest BCUT2D eigenvalue weighted by Gasteiger charge is 2.43. The van der Waals surface area contributed by atoms with Crippen molar-refractivity contribution >= 4 is 17.5 Å². The lowest BCUT2D eigenvalue weighted by atomic mass is 10.3. The normalized spacial score (nSPS) is 17.9. The van der Waals surface area contributed by atoms with E-state index >= 15 is 0 Å². The molecule has 1 aromatic rings. The van der Waals surface area contributed by atoms with Crippen LogP contribution >= 0.6 is 11.6 Å². The fourth-order valence-corrected chi connectivity index (χ4v) is 1.53. The molecule has 5 nitrogen and oxygen atoms in total. The van der Waals surface area contributed by atoms with Gasteiger partial charge >= 0.3 is 0 Å². The first-order valence-corrected chi connectivity index (χ1v) is 4.93. The summed E-state index contributed by atoms with van der Waals surface area (Å²) in [6, 6.07) is 0. The van der Waals surface area contributed by atoms with E-state index in [9.17, 15) is 4.79 Å². The third-order valence-electron chi connectivity index (χ3n) is 2.32. The first-order chi connectivity index (χ1) is 6.65. The molecule has 0 bridgehead atoms. The Morgan fingerprint density at radius 1 is 1.79 bits per heavy atom. The number of carbonyl (C=O) groups is 1. The molecule has 0 saturated heterocycles. The van der Waals surface area contributed by atoms with E-state index in [1.165, 1.54) is 11.0 Å². The minimum Gasteiger partial charge on any atom is -0.344 e. The molecule has 1 N–H and O–H groups in total. The molecule has 0 unspecified atom stereocenters. The Hall–Kier alpha value is -1.10. The minimum absolute atomic E-state index is 0.184. The van der Waals surface area contributed by atoms with Gasteiger partial charge in [0.1, 0.15) is 0 Å². The zero-order chi connectivity index (χ0) is 10.2. The Bertz CT molecular complexity index is 358. The second-order valence-corrected chi connectivity index (χ2v) is 3.85. The summed E-state index contributed by atoms with van der Waals surface area (Å²) in [5.41, 5.74) is 0.153. The zero-order valence-electron chi connectivity index (χ0n) is 7.83. The van der Waals surface area contributed by atoms with Gasteiger partial charge in [0.15, 0.2) is 5.69 Å². The second kappa shape index (κ2) is 3.24. The van der Waals surface area contributed by atoms with Gasteiger partial charge in [-0.25, -0.2) is 0 Å². The summed E-state index contributed by atoms with van der Waals surface area (Å²) in [4.78, 5) is 12.9. The average Bonchev–Trinajstić information content (AvgIpc) is 2.80. The smallest absolute Gasteiger partial charge is 0.273 e. The fraction of sp³-hybridized carbons (Fsp3) is 0.625. The zero-order valence-corrected chi connectivity index (χ0v) is 8.58. The number of hydrogen-bond acceptors (Lipinski definition) is 3. The van der Waals surface area contributed by atoms with Crippen LogP contribution in [0.1, 0.15) is 23.3 Å². The molecule has 1 aliphatic carbocycles. The van der Waals surface area contributed by atoms with E-state index in [1.54, 1.807) is 7.05 Å². The number of amides is 1. The number of hydrogen-bond donors (Lipinski definition) is 1. The molecule has 1 amide bonds. The van der Waals surface area contributed by atoms with Gasteiger partial charge in [0, 0.05) is 12.9 Å². The average molecular weight is 215 g/mol. The lowest BCUT2D eigenvalue weighted by molar-refractivity contribution is 0.0930. The molecule has 1 aliphatic rings. The Morgan fingerprint density at radius 3 is 2.93 bits per heavy atom. The fourth-order valence-electron chi connectivity index (χ4n) is 1.20. The second-order valence-electron chi connectivity index (χ2n) is 3.59. The number of aryl methyl sites for hydroxylation is 1. The van der Waals surface area contributed by atoms with E-state index in [2.05, 4.69) is 15.5 Å². The lowest BCUT2D eigenvalue weighted by Crippen LogP contribution is -2.38. The first kappa shape index (κ1) is 9.45. The Labute approximate surface area is 86.4 Å². The maximum atomic E-state index is 11.6. The van der Waals surface area contributed by atoms with Gasteiger partial charge in [0.25, 0.3) is 5.91 Å². The summed E-state index contributed by atoms with van der Waals surface area (Å²) in [5.74, 6) is 0.259. The quantitative estimate of drug-likeness (QED) is 0.738. The van der Waals surface area contributed by atoms with E-state index < -0.39 is 0 Å². The van der Waals surface area contributed by atoms with Gasteiger partial charge in [0.2, 0.25) is 0 Å². The molecule has 1 aromatic heterocycles. The molecular weight excluding hydrogens is 204 g/mol. The molecule has 0 radical (unpaired) electrons. The van der Waals surface area contributed by atoms with Crippen LogP contribution < -0.4 is 5.32 Å². The van der Waals surface area contributed by atoms with E-state index in [-0.39, 0.29) is 11.4 Å². The van der Waals surface area contributed by atoms with E-state index in [1.807, 2.05) is 0 Å². The van der Waals surface area contributed by atoms with Gasteiger partial charge in [-0.05, 0) is 12.8 Å². The first-order valence-electron chi connectivity index (χ1n) is 4.40. The lowest BCUT2D eigenvalue weighted by Gasteiger charge is -2.11. The molecule has 0 spiro atoms. The molecule has 14 heavy (non-hydrogen) atoms. The Morgan fingerprint density at radius 2 is 2.50 bits per heavy atom. The van der Waals surface area contributed by atoms with Crippen LogP contribution in [0.15, 0.2) is 6.20 Å². The number of rotatable bonds is 3. The van der Waals surface area contributed by atoms with Crippen molar-refractivity contribution in [1.29, 1.82) is 0 Å². The highest BCUT2D eigenvalue weighted by atomic mass is 35.5. The molecule has 76 valence electrons. The molecule has 0 atom stereocenters.